The van der Waals surface area contributed by atoms with E-state index in [4.69, 9.17) is 16.9 Å². The quantitative estimate of drug-likeness (QED) is 0.634. The van der Waals surface area contributed by atoms with Crippen molar-refractivity contribution in [2.45, 2.75) is 0 Å². The lowest BCUT2D eigenvalue weighted by molar-refractivity contribution is -0.125. The maximum atomic E-state index is 12.1. The van der Waals surface area contributed by atoms with Gasteiger partial charge >= 0.3 is 0 Å². The molecule has 1 amide bonds. The van der Waals surface area contributed by atoms with Crippen LogP contribution in [0.25, 0.3) is 0 Å². The van der Waals surface area contributed by atoms with Gasteiger partial charge in [-0.05, 0) is 24.3 Å². The fraction of sp³-hybridized carbons (Fsp3) is 0.154. The average Bonchev–Trinajstić information content (AvgIpc) is 2.73. The summed E-state index contributed by atoms with van der Waals surface area (Å²) in [4.78, 5) is 25.1. The largest absolute Gasteiger partial charge is 0.298 e. The van der Waals surface area contributed by atoms with Crippen LogP contribution in [0.1, 0.15) is 10.4 Å². The van der Waals surface area contributed by atoms with Crippen molar-refractivity contribution < 1.29 is 9.59 Å². The maximum Gasteiger partial charge on any atom is 0.238 e. The van der Waals surface area contributed by atoms with Gasteiger partial charge in [-0.2, -0.15) is 5.26 Å². The Morgan fingerprint density at radius 1 is 1.47 bits per heavy atom. The van der Waals surface area contributed by atoms with Gasteiger partial charge in [-0.3, -0.25) is 14.5 Å². The van der Waals surface area contributed by atoms with E-state index in [0.717, 1.165) is 0 Å². The molecule has 0 atom stereocenters. The number of rotatable bonds is 3. The highest BCUT2D eigenvalue weighted by Gasteiger charge is 2.28. The summed E-state index contributed by atoms with van der Waals surface area (Å²) < 4.78 is 0. The number of hydrogen-bond acceptors (Lipinski definition) is 4. The van der Waals surface area contributed by atoms with Gasteiger partial charge in [0.25, 0.3) is 0 Å². The smallest absolute Gasteiger partial charge is 0.238 e. The molecule has 1 aromatic carbocycles. The lowest BCUT2D eigenvalue weighted by atomic mass is 10.1. The number of ketones is 1. The molecule has 6 heteroatoms. The van der Waals surface area contributed by atoms with E-state index in [1.165, 1.54) is 22.7 Å². The number of halogens is 1. The summed E-state index contributed by atoms with van der Waals surface area (Å²) in [5.41, 5.74) is 0.491. The molecule has 0 bridgehead atoms. The predicted molar refractivity (Wildman–Crippen MR) is 73.6 cm³/mol. The molecule has 1 fully saturated rings. The molecule has 4 nitrogen and oxygen atoms in total. The van der Waals surface area contributed by atoms with Crippen LogP contribution in [0.4, 0.5) is 0 Å². The summed E-state index contributed by atoms with van der Waals surface area (Å²) in [6, 6.07) is 8.36. The monoisotopic (exact) mass is 292 g/mol. The predicted octanol–water partition coefficient (Wildman–Crippen LogP) is 2.46. The van der Waals surface area contributed by atoms with E-state index in [9.17, 15) is 9.59 Å². The van der Waals surface area contributed by atoms with E-state index in [0.29, 0.717) is 15.6 Å². The molecule has 19 heavy (non-hydrogen) atoms. The van der Waals surface area contributed by atoms with E-state index >= 15 is 0 Å². The van der Waals surface area contributed by atoms with Gasteiger partial charge in [-0.1, -0.05) is 23.4 Å². The third kappa shape index (κ3) is 3.16. The van der Waals surface area contributed by atoms with Crippen molar-refractivity contribution in [2.24, 2.45) is 0 Å². The van der Waals surface area contributed by atoms with Crippen LogP contribution < -0.4 is 0 Å². The zero-order chi connectivity index (χ0) is 13.8. The molecule has 1 aliphatic rings. The molecular formula is C13H9ClN2O2S. The summed E-state index contributed by atoms with van der Waals surface area (Å²) in [6.07, 6.45) is 1.28. The first kappa shape index (κ1) is 13.7. The second-order valence-electron chi connectivity index (χ2n) is 3.81. The van der Waals surface area contributed by atoms with Crippen LogP contribution in [0.3, 0.4) is 0 Å². The van der Waals surface area contributed by atoms with Crippen LogP contribution in [0.2, 0.25) is 5.02 Å². The minimum absolute atomic E-state index is 0.0546. The maximum absolute atomic E-state index is 12.1. The number of nitriles is 1. The topological polar surface area (TPSA) is 61.2 Å². The molecule has 2 rings (SSSR count). The molecule has 0 aliphatic carbocycles. The number of carbonyl (C=O) groups excluding carboxylic acids is 2. The molecule has 1 aliphatic heterocycles. The Morgan fingerprint density at radius 3 is 2.79 bits per heavy atom. The number of benzene rings is 1. The first-order valence-electron chi connectivity index (χ1n) is 5.43. The highest BCUT2D eigenvalue weighted by atomic mass is 35.5. The molecular weight excluding hydrogens is 284 g/mol. The van der Waals surface area contributed by atoms with Gasteiger partial charge < -0.3 is 0 Å². The Labute approximate surface area is 119 Å². The minimum atomic E-state index is -0.184. The van der Waals surface area contributed by atoms with Crippen LogP contribution in [-0.4, -0.2) is 28.9 Å². The van der Waals surface area contributed by atoms with Gasteiger partial charge in [0, 0.05) is 16.7 Å². The summed E-state index contributed by atoms with van der Waals surface area (Å²) >= 11 is 7.01. The van der Waals surface area contributed by atoms with E-state index in [1.54, 1.807) is 24.3 Å². The molecule has 0 radical (unpaired) electrons. The van der Waals surface area contributed by atoms with E-state index < -0.39 is 0 Å². The molecule has 0 aromatic heterocycles. The lowest BCUT2D eigenvalue weighted by Gasteiger charge is -2.15. The number of carbonyl (C=O) groups is 2. The second kappa shape index (κ2) is 5.91. The Kier molecular flexibility index (Phi) is 4.25. The summed E-state index contributed by atoms with van der Waals surface area (Å²) in [6.45, 7) is -0.0546. The normalized spacial score (nSPS) is 16.7. The molecule has 1 aromatic rings. The number of allylic oxidation sites excluding steroid dienone is 1. The van der Waals surface area contributed by atoms with Crippen molar-refractivity contribution in [1.29, 1.82) is 5.26 Å². The lowest BCUT2D eigenvalue weighted by Crippen LogP contribution is -2.30. The highest BCUT2D eigenvalue weighted by molar-refractivity contribution is 8.04. The molecule has 0 saturated carbocycles. The summed E-state index contributed by atoms with van der Waals surface area (Å²) in [5, 5.41) is 9.71. The van der Waals surface area contributed by atoms with Gasteiger partial charge in [0.15, 0.2) is 5.78 Å². The summed E-state index contributed by atoms with van der Waals surface area (Å²) in [7, 11) is 0. The first-order valence-corrected chi connectivity index (χ1v) is 6.80. The van der Waals surface area contributed by atoms with Crippen molar-refractivity contribution >= 4 is 35.1 Å². The molecule has 0 N–H and O–H groups in total. The number of nitrogens with zero attached hydrogens (tertiary/aromatic N) is 2. The minimum Gasteiger partial charge on any atom is -0.298 e. The van der Waals surface area contributed by atoms with Gasteiger partial charge in [-0.25, -0.2) is 0 Å². The molecule has 0 unspecified atom stereocenters. The van der Waals surface area contributed by atoms with Crippen molar-refractivity contribution in [3.63, 3.8) is 0 Å². The molecule has 0 spiro atoms. The molecule has 1 heterocycles. The van der Waals surface area contributed by atoms with E-state index in [1.807, 2.05) is 6.07 Å². The van der Waals surface area contributed by atoms with Crippen molar-refractivity contribution in [1.82, 2.24) is 4.90 Å². The van der Waals surface area contributed by atoms with Gasteiger partial charge in [-0.15, -0.1) is 0 Å². The van der Waals surface area contributed by atoms with Crippen LogP contribution in [0, 0.1) is 11.3 Å². The number of amides is 1. The SMILES string of the molecule is N#C/C=C1\SCC(=O)N1CC(=O)c1ccc(Cl)cc1. The Morgan fingerprint density at radius 2 is 2.16 bits per heavy atom. The fourth-order valence-electron chi connectivity index (χ4n) is 1.63. The zero-order valence-electron chi connectivity index (χ0n) is 9.80. The van der Waals surface area contributed by atoms with E-state index in [-0.39, 0.29) is 24.0 Å². The van der Waals surface area contributed by atoms with E-state index in [2.05, 4.69) is 0 Å². The van der Waals surface area contributed by atoms with Crippen LogP contribution in [0.15, 0.2) is 35.4 Å². The van der Waals surface area contributed by atoms with Gasteiger partial charge in [0.05, 0.1) is 23.4 Å². The second-order valence-corrected chi connectivity index (χ2v) is 5.24. The van der Waals surface area contributed by atoms with Gasteiger partial charge in [0.2, 0.25) is 5.91 Å². The molecule has 96 valence electrons. The fourth-order valence-corrected chi connectivity index (χ4v) is 2.64. The standard InChI is InChI=1S/C13H9ClN2O2S/c14-10-3-1-9(2-4-10)11(17)7-16-12(18)8-19-13(16)5-6-15/h1-5H,7-8H2/b13-5-. The van der Waals surface area contributed by atoms with Crippen LogP contribution in [0.5, 0.6) is 0 Å². The third-order valence-electron chi connectivity index (χ3n) is 2.57. The average molecular weight is 293 g/mol. The van der Waals surface area contributed by atoms with Crippen molar-refractivity contribution in [3.8, 4) is 6.07 Å². The van der Waals surface area contributed by atoms with Crippen molar-refractivity contribution in [2.75, 3.05) is 12.3 Å². The summed E-state index contributed by atoms with van der Waals surface area (Å²) in [5.74, 6) is -0.0771. The van der Waals surface area contributed by atoms with Crippen molar-refractivity contribution in [3.05, 3.63) is 46.0 Å². The number of thioether (sulfide) groups is 1. The van der Waals surface area contributed by atoms with Gasteiger partial charge in [0.1, 0.15) is 0 Å². The number of hydrogen-bond donors (Lipinski definition) is 0. The zero-order valence-corrected chi connectivity index (χ0v) is 11.4. The van der Waals surface area contributed by atoms with Crippen LogP contribution in [-0.2, 0) is 4.79 Å². The number of Topliss-reactive ketones (excluding diaryl/α,β-unsaturated/α-hetero) is 1. The first-order chi connectivity index (χ1) is 9.11. The molecule has 1 saturated heterocycles. The Bertz CT molecular complexity index is 590. The Hall–Kier alpha value is -1.77. The Balaban J connectivity index is 2.14. The van der Waals surface area contributed by atoms with Crippen LogP contribution >= 0.6 is 23.4 Å². The highest BCUT2D eigenvalue weighted by Crippen LogP contribution is 2.28. The third-order valence-corrected chi connectivity index (χ3v) is 3.84.